The second-order valence-electron chi connectivity index (χ2n) is 10.6. The quantitative estimate of drug-likeness (QED) is 0.405. The third kappa shape index (κ3) is 4.66. The Bertz CT molecular complexity index is 1660. The summed E-state index contributed by atoms with van der Waals surface area (Å²) in [5, 5.41) is 14.7. The Kier molecular flexibility index (Phi) is 6.88. The van der Waals surface area contributed by atoms with E-state index in [1.165, 1.54) is 6.07 Å². The maximum Gasteiger partial charge on any atom is 0.307 e. The number of nitrogens with zero attached hydrogens (tertiary/aromatic N) is 3. The van der Waals surface area contributed by atoms with Gasteiger partial charge in [-0.15, -0.1) is 0 Å². The first-order valence-corrected chi connectivity index (χ1v) is 13.7. The molecule has 1 aliphatic heterocycles. The second-order valence-corrected chi connectivity index (χ2v) is 10.6. The Morgan fingerprint density at radius 2 is 2.08 bits per heavy atom. The fraction of sp³-hybridized carbons (Fsp3) is 0.344. The molecule has 2 aliphatic carbocycles. The van der Waals surface area contributed by atoms with E-state index >= 15 is 4.39 Å². The normalized spacial score (nSPS) is 18.6. The predicted octanol–water partition coefficient (Wildman–Crippen LogP) is 6.11. The van der Waals surface area contributed by atoms with Gasteiger partial charge in [0, 0.05) is 35.6 Å². The summed E-state index contributed by atoms with van der Waals surface area (Å²) in [6.45, 7) is 4.23. The molecule has 0 amide bonds. The van der Waals surface area contributed by atoms with Crippen molar-refractivity contribution in [3.8, 4) is 17.0 Å². The number of allylic oxidation sites excluding steroid dienone is 6. The number of aryl methyl sites for hydroxylation is 1. The zero-order chi connectivity index (χ0) is 28.0. The summed E-state index contributed by atoms with van der Waals surface area (Å²) in [5.74, 6) is -1.13. The third-order valence-electron chi connectivity index (χ3n) is 8.06. The highest BCUT2D eigenvalue weighted by Gasteiger charge is 2.26. The van der Waals surface area contributed by atoms with Gasteiger partial charge in [0.05, 0.1) is 30.5 Å². The van der Waals surface area contributed by atoms with Crippen LogP contribution in [0.15, 0.2) is 53.7 Å². The molecular formula is C32H32FN3O4. The fourth-order valence-electron chi connectivity index (χ4n) is 5.95. The lowest BCUT2D eigenvalue weighted by atomic mass is 9.90. The van der Waals surface area contributed by atoms with Crippen molar-refractivity contribution in [2.24, 2.45) is 0 Å². The van der Waals surface area contributed by atoms with E-state index in [0.717, 1.165) is 59.2 Å². The van der Waals surface area contributed by atoms with E-state index in [1.807, 2.05) is 13.0 Å². The van der Waals surface area contributed by atoms with Gasteiger partial charge >= 0.3 is 5.97 Å². The SMILES string of the molecule is COC1C=CC(C2=CCCC(c3cc4nc(C)c(CC(=O)O)c(-c5cc(F)c6c(c5C)CCCO6)n4n3)=C2)=CC1. The van der Waals surface area contributed by atoms with Gasteiger partial charge in [0.25, 0.3) is 0 Å². The lowest BCUT2D eigenvalue weighted by Gasteiger charge is -2.23. The van der Waals surface area contributed by atoms with Crippen LogP contribution in [0.5, 0.6) is 5.75 Å². The van der Waals surface area contributed by atoms with E-state index in [1.54, 1.807) is 18.5 Å². The number of rotatable bonds is 6. The van der Waals surface area contributed by atoms with Crippen LogP contribution in [0.3, 0.4) is 0 Å². The van der Waals surface area contributed by atoms with E-state index in [4.69, 9.17) is 19.6 Å². The average Bonchev–Trinajstić information content (AvgIpc) is 3.39. The Hall–Kier alpha value is -4.04. The number of hydrogen-bond donors (Lipinski definition) is 1. The highest BCUT2D eigenvalue weighted by atomic mass is 19.1. The number of benzene rings is 1. The van der Waals surface area contributed by atoms with Crippen molar-refractivity contribution in [3.63, 3.8) is 0 Å². The zero-order valence-corrected chi connectivity index (χ0v) is 23.0. The molecule has 0 spiro atoms. The molecule has 1 unspecified atom stereocenters. The van der Waals surface area contributed by atoms with E-state index in [9.17, 15) is 9.90 Å². The summed E-state index contributed by atoms with van der Waals surface area (Å²) in [6.07, 6.45) is 14.7. The number of fused-ring (bicyclic) bond motifs is 2. The number of methoxy groups -OCH3 is 1. The number of hydrogen-bond acceptors (Lipinski definition) is 5. The molecule has 40 heavy (non-hydrogen) atoms. The van der Waals surface area contributed by atoms with Gasteiger partial charge in [0.15, 0.2) is 17.2 Å². The molecule has 3 aromatic rings. The first-order valence-electron chi connectivity index (χ1n) is 13.7. The van der Waals surface area contributed by atoms with E-state index in [-0.39, 0.29) is 12.5 Å². The van der Waals surface area contributed by atoms with Crippen molar-refractivity contribution in [1.82, 2.24) is 14.6 Å². The Balaban J connectivity index is 1.50. The smallest absolute Gasteiger partial charge is 0.307 e. The molecule has 1 N–H and O–H groups in total. The molecule has 6 rings (SSSR count). The number of halogens is 1. The number of carboxylic acid groups (broad SMARTS) is 1. The van der Waals surface area contributed by atoms with Crippen LogP contribution in [0.2, 0.25) is 0 Å². The molecule has 3 aliphatic rings. The van der Waals surface area contributed by atoms with E-state index in [0.29, 0.717) is 46.9 Å². The molecule has 0 radical (unpaired) electrons. The van der Waals surface area contributed by atoms with Crippen LogP contribution in [0, 0.1) is 19.7 Å². The van der Waals surface area contributed by atoms with Gasteiger partial charge in [-0.05, 0) is 80.4 Å². The maximum atomic E-state index is 15.3. The topological polar surface area (TPSA) is 86.0 Å². The van der Waals surface area contributed by atoms with Gasteiger partial charge in [-0.1, -0.05) is 24.3 Å². The molecule has 3 heterocycles. The Labute approximate surface area is 232 Å². The highest BCUT2D eigenvalue weighted by Crippen LogP contribution is 2.39. The molecule has 8 heteroatoms. The van der Waals surface area contributed by atoms with Crippen LogP contribution in [0.25, 0.3) is 22.5 Å². The summed E-state index contributed by atoms with van der Waals surface area (Å²) in [6, 6.07) is 3.39. The number of carboxylic acids is 1. The molecule has 1 atom stereocenters. The standard InChI is InChI=1S/C32H32FN3O4/c1-18-24-8-5-13-40-32(24)27(33)15-25(18)31-26(16-30(37)38)19(2)34-29-17-28(35-36(29)31)22-7-4-6-21(14-22)20-9-11-23(39-3)12-10-20/h6,9-11,14-15,17,23H,4-5,7-8,12-13,16H2,1-3H3,(H,37,38). The van der Waals surface area contributed by atoms with Crippen LogP contribution in [-0.2, 0) is 22.4 Å². The largest absolute Gasteiger partial charge is 0.490 e. The minimum atomic E-state index is -0.980. The highest BCUT2D eigenvalue weighted by molar-refractivity contribution is 5.80. The molecule has 2 aromatic heterocycles. The van der Waals surface area contributed by atoms with Crippen LogP contribution in [0.4, 0.5) is 4.39 Å². The molecule has 1 aromatic carbocycles. The molecule has 0 bridgehead atoms. The summed E-state index contributed by atoms with van der Waals surface area (Å²) in [5.41, 5.74) is 8.77. The molecule has 0 fully saturated rings. The average molecular weight is 542 g/mol. The first-order chi connectivity index (χ1) is 19.3. The zero-order valence-electron chi connectivity index (χ0n) is 23.0. The molecule has 0 saturated heterocycles. The van der Waals surface area contributed by atoms with Gasteiger partial charge in [0.1, 0.15) is 0 Å². The lowest BCUT2D eigenvalue weighted by Crippen LogP contribution is -2.14. The molecule has 0 saturated carbocycles. The summed E-state index contributed by atoms with van der Waals surface area (Å²) >= 11 is 0. The number of aliphatic carboxylic acids is 1. The second kappa shape index (κ2) is 10.5. The van der Waals surface area contributed by atoms with Crippen molar-refractivity contribution in [2.75, 3.05) is 13.7 Å². The predicted molar refractivity (Wildman–Crippen MR) is 151 cm³/mol. The Morgan fingerprint density at radius 3 is 2.83 bits per heavy atom. The summed E-state index contributed by atoms with van der Waals surface area (Å²) < 4.78 is 28.1. The third-order valence-corrected chi connectivity index (χ3v) is 8.06. The van der Waals surface area contributed by atoms with Crippen molar-refractivity contribution in [3.05, 3.63) is 87.6 Å². The molecule has 7 nitrogen and oxygen atoms in total. The van der Waals surface area contributed by atoms with Crippen molar-refractivity contribution in [2.45, 2.75) is 58.5 Å². The molecular weight excluding hydrogens is 509 g/mol. The van der Waals surface area contributed by atoms with Crippen LogP contribution >= 0.6 is 0 Å². The van der Waals surface area contributed by atoms with Crippen molar-refractivity contribution < 1.29 is 23.8 Å². The van der Waals surface area contributed by atoms with Gasteiger partial charge in [-0.3, -0.25) is 4.79 Å². The van der Waals surface area contributed by atoms with Crippen LogP contribution in [-0.4, -0.2) is 45.5 Å². The molecule has 206 valence electrons. The van der Waals surface area contributed by atoms with Crippen LogP contribution < -0.4 is 4.74 Å². The lowest BCUT2D eigenvalue weighted by molar-refractivity contribution is -0.136. The number of ether oxygens (including phenoxy) is 2. The minimum Gasteiger partial charge on any atom is -0.490 e. The van der Waals surface area contributed by atoms with Crippen molar-refractivity contribution >= 4 is 17.2 Å². The minimum absolute atomic E-state index is 0.103. The van der Waals surface area contributed by atoms with E-state index < -0.39 is 11.8 Å². The van der Waals surface area contributed by atoms with Gasteiger partial charge in [-0.2, -0.15) is 5.10 Å². The monoisotopic (exact) mass is 541 g/mol. The van der Waals surface area contributed by atoms with Gasteiger partial charge < -0.3 is 14.6 Å². The first kappa shape index (κ1) is 26.2. The number of aromatic nitrogens is 3. The van der Waals surface area contributed by atoms with E-state index in [2.05, 4.69) is 30.4 Å². The fourth-order valence-corrected chi connectivity index (χ4v) is 5.95. The maximum absolute atomic E-state index is 15.3. The number of carbonyl (C=O) groups is 1. The van der Waals surface area contributed by atoms with Gasteiger partial charge in [0.2, 0.25) is 0 Å². The van der Waals surface area contributed by atoms with Gasteiger partial charge in [-0.25, -0.2) is 13.9 Å². The van der Waals surface area contributed by atoms with Crippen molar-refractivity contribution in [1.29, 1.82) is 0 Å². The summed E-state index contributed by atoms with van der Waals surface area (Å²) in [4.78, 5) is 16.7. The Morgan fingerprint density at radius 1 is 1.23 bits per heavy atom. The summed E-state index contributed by atoms with van der Waals surface area (Å²) in [7, 11) is 1.72. The van der Waals surface area contributed by atoms with Crippen LogP contribution in [0.1, 0.15) is 53.8 Å².